The second-order valence-electron chi connectivity index (χ2n) is 4.37. The Morgan fingerprint density at radius 1 is 1.11 bits per heavy atom. The minimum Gasteiger partial charge on any atom is -0.394 e. The number of aliphatic hydroxyl groups is 7. The van der Waals surface area contributed by atoms with Crippen molar-refractivity contribution in [2.75, 3.05) is 26.4 Å². The number of hydrogen-bond acceptors (Lipinski definition) is 9. The summed E-state index contributed by atoms with van der Waals surface area (Å²) in [7, 11) is 0. The molecule has 1 fully saturated rings. The van der Waals surface area contributed by atoms with Crippen LogP contribution in [-0.2, 0) is 9.47 Å². The fraction of sp³-hybridized carbons (Fsp3) is 1.00. The standard InChI is InChI=1S/C10H20O9/c11-1-5(14)6(15)3-18-10(4-13)9(17)8(16)7(2-12)19-10/h5-9,11-17H,1-4H2/t5-,6+,7-,8-,9+,10-/m1/s1. The molecule has 9 nitrogen and oxygen atoms in total. The van der Waals surface area contributed by atoms with E-state index < -0.39 is 62.7 Å². The van der Waals surface area contributed by atoms with E-state index in [1.54, 1.807) is 0 Å². The molecule has 6 atom stereocenters. The Labute approximate surface area is 109 Å². The van der Waals surface area contributed by atoms with E-state index in [1.807, 2.05) is 0 Å². The maximum Gasteiger partial charge on any atom is 0.221 e. The fourth-order valence-corrected chi connectivity index (χ4v) is 1.76. The molecule has 114 valence electrons. The Hall–Kier alpha value is -0.360. The summed E-state index contributed by atoms with van der Waals surface area (Å²) in [4.78, 5) is 0. The quantitative estimate of drug-likeness (QED) is 0.244. The monoisotopic (exact) mass is 284 g/mol. The van der Waals surface area contributed by atoms with Crippen molar-refractivity contribution in [3.63, 3.8) is 0 Å². The van der Waals surface area contributed by atoms with Gasteiger partial charge in [-0.15, -0.1) is 0 Å². The van der Waals surface area contributed by atoms with E-state index in [2.05, 4.69) is 0 Å². The molecule has 9 heteroatoms. The van der Waals surface area contributed by atoms with Crippen LogP contribution in [0, 0.1) is 0 Å². The van der Waals surface area contributed by atoms with Gasteiger partial charge in [0, 0.05) is 0 Å². The van der Waals surface area contributed by atoms with Crippen LogP contribution in [0.2, 0.25) is 0 Å². The van der Waals surface area contributed by atoms with Crippen molar-refractivity contribution in [1.29, 1.82) is 0 Å². The van der Waals surface area contributed by atoms with Crippen LogP contribution in [0.5, 0.6) is 0 Å². The Morgan fingerprint density at radius 2 is 1.74 bits per heavy atom. The lowest BCUT2D eigenvalue weighted by Crippen LogP contribution is -2.50. The Kier molecular flexibility index (Phi) is 6.05. The predicted octanol–water partition coefficient (Wildman–Crippen LogP) is -4.48. The smallest absolute Gasteiger partial charge is 0.221 e. The molecule has 1 heterocycles. The summed E-state index contributed by atoms with van der Waals surface area (Å²) >= 11 is 0. The Morgan fingerprint density at radius 3 is 2.16 bits per heavy atom. The van der Waals surface area contributed by atoms with Crippen LogP contribution in [-0.4, -0.2) is 98.5 Å². The predicted molar refractivity (Wildman–Crippen MR) is 58.8 cm³/mol. The van der Waals surface area contributed by atoms with Crippen molar-refractivity contribution < 1.29 is 45.2 Å². The zero-order chi connectivity index (χ0) is 14.6. The lowest BCUT2D eigenvalue weighted by molar-refractivity contribution is -0.285. The van der Waals surface area contributed by atoms with Gasteiger partial charge in [0.25, 0.3) is 0 Å². The first kappa shape index (κ1) is 16.7. The van der Waals surface area contributed by atoms with Crippen LogP contribution >= 0.6 is 0 Å². The summed E-state index contributed by atoms with van der Waals surface area (Å²) in [5.74, 6) is -2.00. The van der Waals surface area contributed by atoms with Gasteiger partial charge in [0.1, 0.15) is 37.1 Å². The lowest BCUT2D eigenvalue weighted by atomic mass is 10.1. The molecule has 1 aliphatic heterocycles. The van der Waals surface area contributed by atoms with Gasteiger partial charge in [-0.05, 0) is 0 Å². The van der Waals surface area contributed by atoms with Crippen molar-refractivity contribution in [1.82, 2.24) is 0 Å². The van der Waals surface area contributed by atoms with E-state index in [4.69, 9.17) is 24.8 Å². The van der Waals surface area contributed by atoms with E-state index >= 15 is 0 Å². The van der Waals surface area contributed by atoms with Gasteiger partial charge in [-0.2, -0.15) is 0 Å². The molecule has 0 aromatic heterocycles. The molecule has 1 saturated heterocycles. The molecule has 0 aliphatic carbocycles. The van der Waals surface area contributed by atoms with Crippen molar-refractivity contribution in [2.24, 2.45) is 0 Å². The van der Waals surface area contributed by atoms with Gasteiger partial charge in [0.2, 0.25) is 5.79 Å². The van der Waals surface area contributed by atoms with Crippen LogP contribution in [0.3, 0.4) is 0 Å². The summed E-state index contributed by atoms with van der Waals surface area (Å²) in [6, 6.07) is 0. The van der Waals surface area contributed by atoms with Gasteiger partial charge in [0.05, 0.1) is 19.8 Å². The van der Waals surface area contributed by atoms with E-state index in [9.17, 15) is 20.4 Å². The molecule has 0 aromatic rings. The average molecular weight is 284 g/mol. The van der Waals surface area contributed by atoms with Crippen LogP contribution in [0.1, 0.15) is 0 Å². The second-order valence-corrected chi connectivity index (χ2v) is 4.37. The lowest BCUT2D eigenvalue weighted by Gasteiger charge is -2.31. The van der Waals surface area contributed by atoms with E-state index in [0.717, 1.165) is 0 Å². The topological polar surface area (TPSA) is 160 Å². The number of ether oxygens (including phenoxy) is 2. The highest BCUT2D eigenvalue weighted by atomic mass is 16.7. The molecule has 0 unspecified atom stereocenters. The van der Waals surface area contributed by atoms with E-state index in [1.165, 1.54) is 0 Å². The molecule has 1 aliphatic rings. The SMILES string of the molecule is OC[C@@H](O)[C@@H](O)CO[C@]1(CO)O[C@H](CO)[C@@H](O)[C@@H]1O. The van der Waals surface area contributed by atoms with Gasteiger partial charge < -0.3 is 45.2 Å². The van der Waals surface area contributed by atoms with Crippen LogP contribution in [0.15, 0.2) is 0 Å². The minimum atomic E-state index is -2.00. The van der Waals surface area contributed by atoms with E-state index in [0.29, 0.717) is 0 Å². The highest BCUT2D eigenvalue weighted by molar-refractivity contribution is 4.96. The van der Waals surface area contributed by atoms with Gasteiger partial charge >= 0.3 is 0 Å². The van der Waals surface area contributed by atoms with Crippen molar-refractivity contribution in [3.8, 4) is 0 Å². The van der Waals surface area contributed by atoms with Crippen LogP contribution < -0.4 is 0 Å². The van der Waals surface area contributed by atoms with Crippen LogP contribution in [0.25, 0.3) is 0 Å². The normalized spacial score (nSPS) is 38.4. The van der Waals surface area contributed by atoms with Crippen molar-refractivity contribution in [3.05, 3.63) is 0 Å². The fourth-order valence-electron chi connectivity index (χ4n) is 1.76. The third kappa shape index (κ3) is 3.40. The first-order valence-corrected chi connectivity index (χ1v) is 5.78. The third-order valence-electron chi connectivity index (χ3n) is 3.04. The largest absolute Gasteiger partial charge is 0.394 e. The summed E-state index contributed by atoms with van der Waals surface area (Å²) in [6.45, 7) is -2.67. The maximum absolute atomic E-state index is 9.75. The number of rotatable bonds is 7. The van der Waals surface area contributed by atoms with Gasteiger partial charge in [-0.3, -0.25) is 0 Å². The maximum atomic E-state index is 9.75. The van der Waals surface area contributed by atoms with E-state index in [-0.39, 0.29) is 0 Å². The summed E-state index contributed by atoms with van der Waals surface area (Å²) in [5, 5.41) is 64.6. The summed E-state index contributed by atoms with van der Waals surface area (Å²) in [5.41, 5.74) is 0. The molecule has 0 aromatic carbocycles. The molecule has 19 heavy (non-hydrogen) atoms. The highest BCUT2D eigenvalue weighted by Crippen LogP contribution is 2.32. The second kappa shape index (κ2) is 6.88. The first-order valence-electron chi connectivity index (χ1n) is 5.78. The zero-order valence-corrected chi connectivity index (χ0v) is 10.2. The van der Waals surface area contributed by atoms with Crippen molar-refractivity contribution >= 4 is 0 Å². The van der Waals surface area contributed by atoms with Crippen LogP contribution in [0.4, 0.5) is 0 Å². The minimum absolute atomic E-state index is 0.551. The molecule has 0 spiro atoms. The molecule has 0 amide bonds. The van der Waals surface area contributed by atoms with Gasteiger partial charge in [-0.25, -0.2) is 0 Å². The molecule has 0 bridgehead atoms. The first-order chi connectivity index (χ1) is 8.91. The molecule has 0 radical (unpaired) electrons. The highest BCUT2D eigenvalue weighted by Gasteiger charge is 2.55. The van der Waals surface area contributed by atoms with Gasteiger partial charge in [0.15, 0.2) is 0 Å². The van der Waals surface area contributed by atoms with Crippen molar-refractivity contribution in [2.45, 2.75) is 36.3 Å². The third-order valence-corrected chi connectivity index (χ3v) is 3.04. The number of hydrogen-bond donors (Lipinski definition) is 7. The molecule has 1 rings (SSSR count). The zero-order valence-electron chi connectivity index (χ0n) is 10.2. The Balaban J connectivity index is 2.66. The summed E-state index contributed by atoms with van der Waals surface area (Å²) in [6.07, 6.45) is -7.14. The molecule has 0 saturated carbocycles. The summed E-state index contributed by atoms with van der Waals surface area (Å²) < 4.78 is 10.1. The average Bonchev–Trinajstić information content (AvgIpc) is 2.68. The van der Waals surface area contributed by atoms with Gasteiger partial charge in [-0.1, -0.05) is 0 Å². The molecule has 7 N–H and O–H groups in total. The number of aliphatic hydroxyl groups excluding tert-OH is 7. The molecular formula is C10H20O9. The Bertz CT molecular complexity index is 276. The molecular weight excluding hydrogens is 264 g/mol.